The quantitative estimate of drug-likeness (QED) is 0.656. The number of hydrogen-bond donors (Lipinski definition) is 1. The van der Waals surface area contributed by atoms with Crippen molar-refractivity contribution >= 4 is 5.71 Å². The van der Waals surface area contributed by atoms with Gasteiger partial charge in [-0.25, -0.2) is 0 Å². The predicted octanol–water partition coefficient (Wildman–Crippen LogP) is 2.80. The largest absolute Gasteiger partial charge is 0.384 e. The van der Waals surface area contributed by atoms with Gasteiger partial charge in [0.25, 0.3) is 0 Å². The lowest BCUT2D eigenvalue weighted by Crippen LogP contribution is -2.34. The van der Waals surface area contributed by atoms with Gasteiger partial charge in [0, 0.05) is 11.8 Å². The molecule has 2 heteroatoms. The first-order chi connectivity index (χ1) is 5.97. The molecule has 0 aromatic rings. The van der Waals surface area contributed by atoms with Crippen LogP contribution in [0.2, 0.25) is 0 Å². The normalized spacial score (nSPS) is 19.7. The summed E-state index contributed by atoms with van der Waals surface area (Å²) in [4.78, 5) is 4.52. The van der Waals surface area contributed by atoms with Crippen LogP contribution in [0, 0.1) is 0 Å². The highest BCUT2D eigenvalue weighted by Gasteiger charge is 2.23. The molecule has 2 nitrogen and oxygen atoms in total. The third kappa shape index (κ3) is 3.90. The lowest BCUT2D eigenvalue weighted by molar-refractivity contribution is 0.126. The van der Waals surface area contributed by atoms with E-state index in [0.717, 1.165) is 25.0 Å². The van der Waals surface area contributed by atoms with Crippen molar-refractivity contribution in [2.45, 2.75) is 65.5 Å². The average molecular weight is 185 g/mol. The second-order valence-electron chi connectivity index (χ2n) is 3.81. The van der Waals surface area contributed by atoms with E-state index in [9.17, 15) is 5.11 Å². The molecule has 0 rings (SSSR count). The van der Waals surface area contributed by atoms with Crippen LogP contribution < -0.4 is 0 Å². The number of hydrogen-bond acceptors (Lipinski definition) is 2. The topological polar surface area (TPSA) is 32.6 Å². The summed E-state index contributed by atoms with van der Waals surface area (Å²) >= 11 is 0. The van der Waals surface area contributed by atoms with Crippen LogP contribution in [-0.4, -0.2) is 22.5 Å². The van der Waals surface area contributed by atoms with Gasteiger partial charge in [-0.1, -0.05) is 20.8 Å². The van der Waals surface area contributed by atoms with Crippen molar-refractivity contribution in [2.24, 2.45) is 4.99 Å². The predicted molar refractivity (Wildman–Crippen MR) is 58.4 cm³/mol. The van der Waals surface area contributed by atoms with Crippen LogP contribution in [-0.2, 0) is 0 Å². The highest BCUT2D eigenvalue weighted by molar-refractivity contribution is 5.91. The fraction of sp³-hybridized carbons (Fsp3) is 0.909. The molecule has 0 fully saturated rings. The van der Waals surface area contributed by atoms with E-state index in [-0.39, 0.29) is 0 Å². The summed E-state index contributed by atoms with van der Waals surface area (Å²) in [5.41, 5.74) is 0.224. The number of aliphatic hydroxyl groups is 1. The Balaban J connectivity index is 4.58. The van der Waals surface area contributed by atoms with E-state index in [0.29, 0.717) is 6.04 Å². The van der Waals surface area contributed by atoms with Gasteiger partial charge in [-0.05, 0) is 33.1 Å². The molecule has 1 N–H and O–H groups in total. The smallest absolute Gasteiger partial charge is 0.0991 e. The number of rotatable bonds is 5. The fourth-order valence-electron chi connectivity index (χ4n) is 1.17. The lowest BCUT2D eigenvalue weighted by Gasteiger charge is -2.24. The van der Waals surface area contributed by atoms with Crippen LogP contribution in [0.5, 0.6) is 0 Å². The second kappa shape index (κ2) is 5.38. The summed E-state index contributed by atoms with van der Waals surface area (Å²) in [7, 11) is 0. The zero-order valence-corrected chi connectivity index (χ0v) is 9.59. The second-order valence-corrected chi connectivity index (χ2v) is 3.81. The van der Waals surface area contributed by atoms with Gasteiger partial charge in [0.2, 0.25) is 0 Å². The van der Waals surface area contributed by atoms with E-state index in [1.54, 1.807) is 0 Å². The molecule has 13 heavy (non-hydrogen) atoms. The molecule has 78 valence electrons. The molecule has 0 aliphatic carbocycles. The molecule has 0 bridgehead atoms. The monoisotopic (exact) mass is 185 g/mol. The number of nitrogens with zero attached hydrogens (tertiary/aromatic N) is 1. The zero-order valence-electron chi connectivity index (χ0n) is 9.59. The minimum absolute atomic E-state index is 0.327. The molecule has 0 aliphatic heterocycles. The third-order valence-electron chi connectivity index (χ3n) is 2.61. The average Bonchev–Trinajstić information content (AvgIpc) is 2.13. The molecule has 0 aromatic carbocycles. The van der Waals surface area contributed by atoms with Crippen molar-refractivity contribution in [1.82, 2.24) is 0 Å². The van der Waals surface area contributed by atoms with Crippen molar-refractivity contribution in [2.75, 3.05) is 0 Å². The van der Waals surface area contributed by atoms with E-state index in [1.807, 2.05) is 20.8 Å². The van der Waals surface area contributed by atoms with Gasteiger partial charge in [-0.15, -0.1) is 0 Å². The zero-order chi connectivity index (χ0) is 10.5. The maximum absolute atomic E-state index is 10.00. The standard InChI is InChI=1S/C11H23NO/c1-6-9(4)12-10(7-2)11(5,13)8-3/h9,13H,6-8H2,1-5H3/b12-10+. The van der Waals surface area contributed by atoms with Crippen LogP contribution >= 0.6 is 0 Å². The Morgan fingerprint density at radius 1 is 1.38 bits per heavy atom. The summed E-state index contributed by atoms with van der Waals surface area (Å²) in [6.07, 6.45) is 2.60. The fourth-order valence-corrected chi connectivity index (χ4v) is 1.17. The molecule has 0 aliphatic rings. The molecule has 0 spiro atoms. The Morgan fingerprint density at radius 3 is 2.23 bits per heavy atom. The molecule has 0 radical (unpaired) electrons. The Hall–Kier alpha value is -0.370. The van der Waals surface area contributed by atoms with Gasteiger partial charge in [-0.3, -0.25) is 4.99 Å². The lowest BCUT2D eigenvalue weighted by atomic mass is 9.94. The first kappa shape index (κ1) is 12.6. The Labute approximate surface area is 82.1 Å². The summed E-state index contributed by atoms with van der Waals surface area (Å²) in [5.74, 6) is 0. The van der Waals surface area contributed by atoms with Gasteiger partial charge in [0.05, 0.1) is 5.60 Å². The Morgan fingerprint density at radius 2 is 1.92 bits per heavy atom. The van der Waals surface area contributed by atoms with E-state index in [2.05, 4.69) is 18.8 Å². The van der Waals surface area contributed by atoms with E-state index >= 15 is 0 Å². The Bertz CT molecular complexity index is 173. The van der Waals surface area contributed by atoms with Crippen molar-refractivity contribution in [3.63, 3.8) is 0 Å². The van der Waals surface area contributed by atoms with Crippen LogP contribution in [0.25, 0.3) is 0 Å². The summed E-state index contributed by atoms with van der Waals surface area (Å²) < 4.78 is 0. The molecular formula is C11H23NO. The van der Waals surface area contributed by atoms with Crippen LogP contribution in [0.15, 0.2) is 4.99 Å². The number of aliphatic imine (C=N–C) groups is 1. The molecule has 0 heterocycles. The van der Waals surface area contributed by atoms with Crippen LogP contribution in [0.3, 0.4) is 0 Å². The van der Waals surface area contributed by atoms with Crippen molar-refractivity contribution in [3.05, 3.63) is 0 Å². The van der Waals surface area contributed by atoms with Crippen molar-refractivity contribution in [1.29, 1.82) is 0 Å². The molecule has 2 unspecified atom stereocenters. The molecule has 0 saturated heterocycles. The maximum Gasteiger partial charge on any atom is 0.0991 e. The van der Waals surface area contributed by atoms with Crippen LogP contribution in [0.4, 0.5) is 0 Å². The minimum Gasteiger partial charge on any atom is -0.384 e. The molecule has 0 amide bonds. The van der Waals surface area contributed by atoms with Crippen molar-refractivity contribution in [3.8, 4) is 0 Å². The first-order valence-electron chi connectivity index (χ1n) is 5.27. The van der Waals surface area contributed by atoms with E-state index < -0.39 is 5.60 Å². The highest BCUT2D eigenvalue weighted by Crippen LogP contribution is 2.15. The van der Waals surface area contributed by atoms with E-state index in [1.165, 1.54) is 0 Å². The van der Waals surface area contributed by atoms with Gasteiger partial charge < -0.3 is 5.11 Å². The highest BCUT2D eigenvalue weighted by atomic mass is 16.3. The maximum atomic E-state index is 10.00. The summed E-state index contributed by atoms with van der Waals surface area (Å²) in [6, 6.07) is 0.327. The minimum atomic E-state index is -0.710. The van der Waals surface area contributed by atoms with Crippen LogP contribution in [0.1, 0.15) is 53.9 Å². The first-order valence-corrected chi connectivity index (χ1v) is 5.27. The van der Waals surface area contributed by atoms with Gasteiger partial charge >= 0.3 is 0 Å². The summed E-state index contributed by atoms with van der Waals surface area (Å²) in [6.45, 7) is 10.1. The van der Waals surface area contributed by atoms with Crippen molar-refractivity contribution < 1.29 is 5.11 Å². The summed E-state index contributed by atoms with van der Waals surface area (Å²) in [5, 5.41) is 10.00. The Kier molecular flexibility index (Phi) is 5.23. The third-order valence-corrected chi connectivity index (χ3v) is 2.61. The van der Waals surface area contributed by atoms with Gasteiger partial charge in [0.1, 0.15) is 0 Å². The molecule has 0 aromatic heterocycles. The van der Waals surface area contributed by atoms with Gasteiger partial charge in [-0.2, -0.15) is 0 Å². The van der Waals surface area contributed by atoms with Gasteiger partial charge in [0.15, 0.2) is 0 Å². The SMILES string of the molecule is CC/C(=N\C(C)CC)C(C)(O)CC. The molecule has 0 saturated carbocycles. The molecule has 2 atom stereocenters. The van der Waals surface area contributed by atoms with E-state index in [4.69, 9.17) is 0 Å². The molecular weight excluding hydrogens is 162 g/mol.